The summed E-state index contributed by atoms with van der Waals surface area (Å²) >= 11 is 5.94. The van der Waals surface area contributed by atoms with Gasteiger partial charge in [0.05, 0.1) is 10.7 Å². The molecule has 2 N–H and O–H groups in total. The van der Waals surface area contributed by atoms with E-state index in [1.807, 2.05) is 12.1 Å². The number of hydrogen-bond donors (Lipinski definition) is 1. The summed E-state index contributed by atoms with van der Waals surface area (Å²) in [6.07, 6.45) is 3.54. The molecule has 0 radical (unpaired) electrons. The number of benzene rings is 1. The number of hydrogen-bond acceptors (Lipinski definition) is 2. The molecule has 0 unspecified atom stereocenters. The highest BCUT2D eigenvalue weighted by Gasteiger charge is 2.21. The van der Waals surface area contributed by atoms with Gasteiger partial charge in [-0.3, -0.25) is 4.90 Å². The summed E-state index contributed by atoms with van der Waals surface area (Å²) in [5.41, 5.74) is 9.61. The van der Waals surface area contributed by atoms with Crippen molar-refractivity contribution in [1.82, 2.24) is 4.90 Å². The number of rotatable bonds is 2. The van der Waals surface area contributed by atoms with Crippen LogP contribution in [0.25, 0.3) is 0 Å². The molecule has 0 atom stereocenters. The average Bonchev–Trinajstić information content (AvgIpc) is 2.33. The van der Waals surface area contributed by atoms with Gasteiger partial charge in [0.1, 0.15) is 0 Å². The van der Waals surface area contributed by atoms with Gasteiger partial charge in [-0.1, -0.05) is 50.1 Å². The zero-order valence-corrected chi connectivity index (χ0v) is 12.8. The van der Waals surface area contributed by atoms with Crippen molar-refractivity contribution in [3.05, 3.63) is 40.4 Å². The SMILES string of the molecule is CC(C)(C)C1=CCN(Cc2ccc(Cl)c(N)c2)CC1. The van der Waals surface area contributed by atoms with E-state index in [2.05, 4.69) is 37.8 Å². The Morgan fingerprint density at radius 3 is 2.58 bits per heavy atom. The van der Waals surface area contributed by atoms with Crippen molar-refractivity contribution in [3.8, 4) is 0 Å². The fourth-order valence-corrected chi connectivity index (χ4v) is 2.60. The van der Waals surface area contributed by atoms with Gasteiger partial charge in [0.15, 0.2) is 0 Å². The maximum absolute atomic E-state index is 5.94. The third-order valence-electron chi connectivity index (χ3n) is 3.72. The zero-order valence-electron chi connectivity index (χ0n) is 12.0. The van der Waals surface area contributed by atoms with E-state index in [0.717, 1.165) is 26.1 Å². The van der Waals surface area contributed by atoms with E-state index in [0.29, 0.717) is 16.1 Å². The monoisotopic (exact) mass is 278 g/mol. The number of anilines is 1. The van der Waals surface area contributed by atoms with E-state index in [-0.39, 0.29) is 0 Å². The van der Waals surface area contributed by atoms with Crippen LogP contribution in [0.2, 0.25) is 5.02 Å². The third kappa shape index (κ3) is 3.74. The summed E-state index contributed by atoms with van der Waals surface area (Å²) in [5, 5.41) is 0.636. The van der Waals surface area contributed by atoms with E-state index >= 15 is 0 Å². The van der Waals surface area contributed by atoms with Crippen LogP contribution < -0.4 is 5.73 Å². The van der Waals surface area contributed by atoms with E-state index < -0.39 is 0 Å². The fourth-order valence-electron chi connectivity index (χ4n) is 2.49. The molecule has 1 heterocycles. The van der Waals surface area contributed by atoms with Crippen LogP contribution in [-0.4, -0.2) is 18.0 Å². The molecule has 0 bridgehead atoms. The van der Waals surface area contributed by atoms with Crippen LogP contribution in [-0.2, 0) is 6.54 Å². The number of nitrogens with two attached hydrogens (primary N) is 1. The predicted octanol–water partition coefficient (Wildman–Crippen LogP) is 4.10. The molecule has 0 amide bonds. The van der Waals surface area contributed by atoms with Gasteiger partial charge < -0.3 is 5.73 Å². The van der Waals surface area contributed by atoms with Crippen molar-refractivity contribution in [2.45, 2.75) is 33.7 Å². The number of nitrogen functional groups attached to an aromatic ring is 1. The molecule has 19 heavy (non-hydrogen) atoms. The van der Waals surface area contributed by atoms with Gasteiger partial charge in [0.25, 0.3) is 0 Å². The molecule has 0 aromatic heterocycles. The van der Waals surface area contributed by atoms with Gasteiger partial charge in [-0.2, -0.15) is 0 Å². The summed E-state index contributed by atoms with van der Waals surface area (Å²) in [5.74, 6) is 0. The molecule has 104 valence electrons. The van der Waals surface area contributed by atoms with Crippen LogP contribution in [0.1, 0.15) is 32.8 Å². The second kappa shape index (κ2) is 5.56. The summed E-state index contributed by atoms with van der Waals surface area (Å²) < 4.78 is 0. The molecule has 1 aromatic rings. The van der Waals surface area contributed by atoms with E-state index in [9.17, 15) is 0 Å². The predicted molar refractivity (Wildman–Crippen MR) is 83.3 cm³/mol. The van der Waals surface area contributed by atoms with Gasteiger partial charge in [-0.15, -0.1) is 0 Å². The van der Waals surface area contributed by atoms with Gasteiger partial charge in [0.2, 0.25) is 0 Å². The molecular formula is C16H23ClN2. The van der Waals surface area contributed by atoms with Crippen LogP contribution in [0, 0.1) is 5.41 Å². The summed E-state index contributed by atoms with van der Waals surface area (Å²) in [4.78, 5) is 2.44. The van der Waals surface area contributed by atoms with Crippen molar-refractivity contribution in [2.75, 3.05) is 18.8 Å². The fraction of sp³-hybridized carbons (Fsp3) is 0.500. The highest BCUT2D eigenvalue weighted by molar-refractivity contribution is 6.33. The highest BCUT2D eigenvalue weighted by atomic mass is 35.5. The Balaban J connectivity index is 1.99. The molecule has 0 aliphatic carbocycles. The lowest BCUT2D eigenvalue weighted by Gasteiger charge is -2.32. The standard InChI is InChI=1S/C16H23ClN2/c1-16(2,3)13-6-8-19(9-7-13)11-12-4-5-14(17)15(18)10-12/h4-6,10H,7-9,11,18H2,1-3H3. The molecule has 0 saturated carbocycles. The Morgan fingerprint density at radius 1 is 1.32 bits per heavy atom. The molecule has 1 aliphatic heterocycles. The van der Waals surface area contributed by atoms with Crippen molar-refractivity contribution in [1.29, 1.82) is 0 Å². The van der Waals surface area contributed by atoms with Crippen molar-refractivity contribution in [3.63, 3.8) is 0 Å². The first kappa shape index (κ1) is 14.4. The molecule has 0 fully saturated rings. The summed E-state index contributed by atoms with van der Waals surface area (Å²) in [6, 6.07) is 5.92. The molecule has 1 aromatic carbocycles. The number of nitrogens with zero attached hydrogens (tertiary/aromatic N) is 1. The largest absolute Gasteiger partial charge is 0.398 e. The second-order valence-electron chi connectivity index (χ2n) is 6.32. The molecule has 2 nitrogen and oxygen atoms in total. The zero-order chi connectivity index (χ0) is 14.0. The van der Waals surface area contributed by atoms with Crippen molar-refractivity contribution < 1.29 is 0 Å². The van der Waals surface area contributed by atoms with Crippen LogP contribution in [0.15, 0.2) is 29.8 Å². The quantitative estimate of drug-likeness (QED) is 0.652. The topological polar surface area (TPSA) is 29.3 Å². The van der Waals surface area contributed by atoms with Crippen LogP contribution in [0.3, 0.4) is 0 Å². The van der Waals surface area contributed by atoms with Gasteiger partial charge >= 0.3 is 0 Å². The molecular weight excluding hydrogens is 256 g/mol. The lowest BCUT2D eigenvalue weighted by molar-refractivity contribution is 0.271. The van der Waals surface area contributed by atoms with Crippen molar-refractivity contribution >= 4 is 17.3 Å². The molecule has 2 rings (SSSR count). The van der Waals surface area contributed by atoms with Gasteiger partial charge in [0, 0.05) is 19.6 Å². The minimum absolute atomic E-state index is 0.302. The average molecular weight is 279 g/mol. The molecule has 0 spiro atoms. The lowest BCUT2D eigenvalue weighted by atomic mass is 9.83. The lowest BCUT2D eigenvalue weighted by Crippen LogP contribution is -2.30. The highest BCUT2D eigenvalue weighted by Crippen LogP contribution is 2.30. The minimum atomic E-state index is 0.302. The first-order valence-corrected chi connectivity index (χ1v) is 7.20. The second-order valence-corrected chi connectivity index (χ2v) is 6.73. The van der Waals surface area contributed by atoms with E-state index in [1.54, 1.807) is 5.57 Å². The minimum Gasteiger partial charge on any atom is -0.398 e. The van der Waals surface area contributed by atoms with Crippen LogP contribution in [0.4, 0.5) is 5.69 Å². The molecule has 3 heteroatoms. The first-order valence-electron chi connectivity index (χ1n) is 6.82. The number of halogens is 1. The smallest absolute Gasteiger partial charge is 0.0635 e. The Labute approximate surface area is 121 Å². The first-order chi connectivity index (χ1) is 8.86. The Kier molecular flexibility index (Phi) is 4.22. The maximum Gasteiger partial charge on any atom is 0.0635 e. The van der Waals surface area contributed by atoms with Gasteiger partial charge in [-0.05, 0) is 29.5 Å². The summed E-state index contributed by atoms with van der Waals surface area (Å²) in [6.45, 7) is 9.94. The maximum atomic E-state index is 5.94. The normalized spacial score (nSPS) is 17.4. The Morgan fingerprint density at radius 2 is 2.05 bits per heavy atom. The van der Waals surface area contributed by atoms with Gasteiger partial charge in [-0.25, -0.2) is 0 Å². The van der Waals surface area contributed by atoms with E-state index in [1.165, 1.54) is 5.56 Å². The van der Waals surface area contributed by atoms with Crippen LogP contribution in [0.5, 0.6) is 0 Å². The van der Waals surface area contributed by atoms with Crippen LogP contribution >= 0.6 is 11.6 Å². The van der Waals surface area contributed by atoms with Crippen molar-refractivity contribution in [2.24, 2.45) is 5.41 Å². The third-order valence-corrected chi connectivity index (χ3v) is 4.07. The Hall–Kier alpha value is -0.990. The Bertz CT molecular complexity index is 486. The van der Waals surface area contributed by atoms with E-state index in [4.69, 9.17) is 17.3 Å². The molecule has 1 aliphatic rings. The molecule has 0 saturated heterocycles. The summed E-state index contributed by atoms with van der Waals surface area (Å²) in [7, 11) is 0.